The summed E-state index contributed by atoms with van der Waals surface area (Å²) in [6.45, 7) is 7.41. The van der Waals surface area contributed by atoms with Crippen molar-refractivity contribution in [1.29, 1.82) is 0 Å². The molecule has 1 aromatic carbocycles. The van der Waals surface area contributed by atoms with E-state index in [0.717, 1.165) is 46.9 Å². The third-order valence-corrected chi connectivity index (χ3v) is 7.66. The molecule has 3 aromatic rings. The van der Waals surface area contributed by atoms with Gasteiger partial charge in [-0.1, -0.05) is 32.0 Å². The minimum atomic E-state index is -0.601. The van der Waals surface area contributed by atoms with Gasteiger partial charge in [-0.05, 0) is 67.3 Å². The van der Waals surface area contributed by atoms with Gasteiger partial charge in [-0.3, -0.25) is 4.79 Å². The fraction of sp³-hybridized carbons (Fsp3) is 0.379. The van der Waals surface area contributed by atoms with Crippen molar-refractivity contribution >= 4 is 23.2 Å². The van der Waals surface area contributed by atoms with Gasteiger partial charge in [0.25, 0.3) is 0 Å². The van der Waals surface area contributed by atoms with Crippen LogP contribution in [-0.2, 0) is 10.2 Å². The molecule has 0 spiro atoms. The van der Waals surface area contributed by atoms with Crippen molar-refractivity contribution in [2.24, 2.45) is 11.3 Å². The molecule has 2 aliphatic carbocycles. The largest absolute Gasteiger partial charge is 0.343 e. The number of aromatic nitrogens is 3. The molecule has 0 unspecified atom stereocenters. The number of ketones is 1. The summed E-state index contributed by atoms with van der Waals surface area (Å²) in [6.07, 6.45) is 9.25. The molecule has 0 amide bonds. The first-order chi connectivity index (χ1) is 16.8. The Balaban J connectivity index is 1.51. The van der Waals surface area contributed by atoms with E-state index in [2.05, 4.69) is 76.3 Å². The third kappa shape index (κ3) is 3.81. The van der Waals surface area contributed by atoms with Crippen LogP contribution in [0.5, 0.6) is 0 Å². The Morgan fingerprint density at radius 3 is 2.51 bits per heavy atom. The summed E-state index contributed by atoms with van der Waals surface area (Å²) in [7, 11) is 0. The van der Waals surface area contributed by atoms with Gasteiger partial charge >= 0.3 is 0 Å². The highest BCUT2D eigenvalue weighted by molar-refractivity contribution is 6.02. The van der Waals surface area contributed by atoms with Gasteiger partial charge in [0.05, 0.1) is 5.41 Å². The van der Waals surface area contributed by atoms with Gasteiger partial charge in [-0.25, -0.2) is 15.0 Å². The van der Waals surface area contributed by atoms with Gasteiger partial charge in [-0.2, -0.15) is 0 Å². The van der Waals surface area contributed by atoms with Crippen LogP contribution < -0.4 is 10.2 Å². The van der Waals surface area contributed by atoms with Gasteiger partial charge in [0.1, 0.15) is 5.82 Å². The monoisotopic (exact) mass is 465 g/mol. The highest BCUT2D eigenvalue weighted by Gasteiger charge is 2.48. The van der Waals surface area contributed by atoms with E-state index in [9.17, 15) is 4.79 Å². The molecule has 6 rings (SSSR count). The van der Waals surface area contributed by atoms with E-state index >= 15 is 0 Å². The van der Waals surface area contributed by atoms with Crippen molar-refractivity contribution < 1.29 is 4.79 Å². The van der Waals surface area contributed by atoms with Crippen LogP contribution in [0.4, 0.5) is 17.5 Å². The molecule has 1 aliphatic heterocycles. The van der Waals surface area contributed by atoms with Crippen molar-refractivity contribution in [2.75, 3.05) is 16.8 Å². The van der Waals surface area contributed by atoms with Crippen LogP contribution in [0.2, 0.25) is 0 Å². The van der Waals surface area contributed by atoms with Crippen LogP contribution in [0.1, 0.15) is 57.6 Å². The van der Waals surface area contributed by atoms with E-state index in [1.165, 1.54) is 12.8 Å². The maximum Gasteiger partial charge on any atom is 0.229 e. The summed E-state index contributed by atoms with van der Waals surface area (Å²) in [4.78, 5) is 29.7. The van der Waals surface area contributed by atoms with Crippen molar-refractivity contribution in [1.82, 2.24) is 15.0 Å². The van der Waals surface area contributed by atoms with Crippen LogP contribution in [0.15, 0.2) is 72.3 Å². The molecule has 1 fully saturated rings. The lowest BCUT2D eigenvalue weighted by molar-refractivity contribution is -0.118. The van der Waals surface area contributed by atoms with Gasteiger partial charge in [0.15, 0.2) is 5.78 Å². The molecule has 3 aliphatic rings. The summed E-state index contributed by atoms with van der Waals surface area (Å²) in [6, 6.07) is 14.5. The summed E-state index contributed by atoms with van der Waals surface area (Å²) in [5, 5.41) is 3.52. The Hall–Kier alpha value is -3.54. The number of carbonyl (C=O) groups excluding carboxylic acids is 1. The predicted octanol–water partition coefficient (Wildman–Crippen LogP) is 5.79. The number of allylic oxidation sites excluding steroid dienone is 2. The third-order valence-electron chi connectivity index (χ3n) is 7.66. The predicted molar refractivity (Wildman–Crippen MR) is 138 cm³/mol. The maximum absolute atomic E-state index is 13.7. The lowest BCUT2D eigenvalue weighted by atomic mass is 9.62. The first-order valence-corrected chi connectivity index (χ1v) is 12.5. The number of pyridine rings is 1. The van der Waals surface area contributed by atoms with E-state index < -0.39 is 5.41 Å². The normalized spacial score (nSPS) is 22.8. The number of rotatable bonds is 5. The second-order valence-corrected chi connectivity index (χ2v) is 11.1. The molecule has 1 N–H and O–H groups in total. The fourth-order valence-corrected chi connectivity index (χ4v) is 5.77. The Bertz CT molecular complexity index is 1330. The number of hydrogen-bond donors (Lipinski definition) is 1. The zero-order chi connectivity index (χ0) is 24.2. The number of nitrogens with zero attached hydrogens (tertiary/aromatic N) is 4. The number of anilines is 3. The summed E-state index contributed by atoms with van der Waals surface area (Å²) >= 11 is 0. The average Bonchev–Trinajstić information content (AvgIpc) is 3.66. The first-order valence-electron chi connectivity index (χ1n) is 12.5. The molecule has 2 aromatic heterocycles. The van der Waals surface area contributed by atoms with Gasteiger partial charge < -0.3 is 10.2 Å². The number of Topliss-reactive ketones (excluding diaryl/α,β-unsaturated/α-hetero) is 1. The van der Waals surface area contributed by atoms with Crippen molar-refractivity contribution in [3.05, 3.63) is 83.5 Å². The number of fused-ring (bicyclic) bond motifs is 1. The molecule has 0 saturated heterocycles. The van der Waals surface area contributed by atoms with E-state index in [-0.39, 0.29) is 11.2 Å². The Morgan fingerprint density at radius 2 is 1.74 bits per heavy atom. The second kappa shape index (κ2) is 8.01. The highest BCUT2D eigenvalue weighted by Crippen LogP contribution is 2.52. The lowest BCUT2D eigenvalue weighted by Crippen LogP contribution is -2.42. The number of hydrogen-bond acceptors (Lipinski definition) is 6. The van der Waals surface area contributed by atoms with Crippen LogP contribution in [0.25, 0.3) is 0 Å². The quantitative estimate of drug-likeness (QED) is 0.514. The average molecular weight is 466 g/mol. The molecule has 35 heavy (non-hydrogen) atoms. The number of carbonyl (C=O) groups is 1. The minimum Gasteiger partial charge on any atom is -0.343 e. The molecule has 1 saturated carbocycles. The number of benzene rings is 1. The molecular formula is C29H31N5O. The van der Waals surface area contributed by atoms with E-state index in [0.29, 0.717) is 18.3 Å². The van der Waals surface area contributed by atoms with Gasteiger partial charge in [0.2, 0.25) is 5.95 Å². The van der Waals surface area contributed by atoms with Crippen LogP contribution in [0, 0.1) is 11.3 Å². The topological polar surface area (TPSA) is 71.0 Å². The number of nitrogens with one attached hydrogen (secondary N) is 1. The minimum absolute atomic E-state index is 0.0797. The van der Waals surface area contributed by atoms with Crippen molar-refractivity contribution in [3.63, 3.8) is 0 Å². The Labute approximate surface area is 206 Å². The van der Waals surface area contributed by atoms with E-state index in [1.54, 1.807) is 12.4 Å². The van der Waals surface area contributed by atoms with Gasteiger partial charge in [0, 0.05) is 54.1 Å². The Kier molecular flexibility index (Phi) is 5.02. The summed E-state index contributed by atoms with van der Waals surface area (Å²) in [5.41, 5.74) is 4.37. The smallest absolute Gasteiger partial charge is 0.229 e. The molecular weight excluding hydrogens is 434 g/mol. The summed E-state index contributed by atoms with van der Waals surface area (Å²) in [5.74, 6) is 2.43. The van der Waals surface area contributed by atoms with Crippen molar-refractivity contribution in [3.8, 4) is 0 Å². The van der Waals surface area contributed by atoms with Crippen LogP contribution in [0.3, 0.4) is 0 Å². The molecule has 6 heteroatoms. The van der Waals surface area contributed by atoms with E-state index in [1.807, 2.05) is 18.3 Å². The molecule has 3 heterocycles. The lowest BCUT2D eigenvalue weighted by Gasteiger charge is -2.44. The molecule has 0 radical (unpaired) electrons. The highest BCUT2D eigenvalue weighted by atomic mass is 16.1. The zero-order valence-electron chi connectivity index (χ0n) is 20.6. The Morgan fingerprint density at radius 1 is 0.971 bits per heavy atom. The van der Waals surface area contributed by atoms with Gasteiger partial charge in [-0.15, -0.1) is 0 Å². The SMILES string of the molecule is CC1(C)CC(=O)C2=C(C1)Nc1ncccc1[C@]2(C)c1cccc(N(CC2CC2)c2ncccn2)c1. The standard InChI is InChI=1S/C29H31N5O/c1-28(2)16-23-25(24(35)17-28)29(3,22-9-5-12-30-26(22)33-23)20-7-4-8-21(15-20)34(18-19-10-11-19)27-31-13-6-14-32-27/h4-9,12-15,19H,10-11,16-18H2,1-3H3,(H,30,33)/t29-/m0/s1. The molecule has 0 bridgehead atoms. The van der Waals surface area contributed by atoms with Crippen molar-refractivity contribution in [2.45, 2.75) is 51.9 Å². The fourth-order valence-electron chi connectivity index (χ4n) is 5.77. The first kappa shape index (κ1) is 22.0. The van der Waals surface area contributed by atoms with E-state index in [4.69, 9.17) is 0 Å². The second-order valence-electron chi connectivity index (χ2n) is 11.1. The summed E-state index contributed by atoms with van der Waals surface area (Å²) < 4.78 is 0. The molecule has 1 atom stereocenters. The molecule has 6 nitrogen and oxygen atoms in total. The molecule has 178 valence electrons. The maximum atomic E-state index is 13.7. The van der Waals surface area contributed by atoms with Crippen LogP contribution >= 0.6 is 0 Å². The zero-order valence-corrected chi connectivity index (χ0v) is 20.6. The van der Waals surface area contributed by atoms with Crippen LogP contribution in [-0.4, -0.2) is 27.3 Å².